The highest BCUT2D eigenvalue weighted by molar-refractivity contribution is 5.97. The fourth-order valence-electron chi connectivity index (χ4n) is 0.963. The molecule has 1 aromatic carbocycles. The summed E-state index contributed by atoms with van der Waals surface area (Å²) in [5, 5.41) is 18.5. The van der Waals surface area contributed by atoms with Gasteiger partial charge in [-0.1, -0.05) is 0 Å². The smallest absolute Gasteiger partial charge is 0.163 e. The van der Waals surface area contributed by atoms with E-state index in [1.807, 2.05) is 0 Å². The van der Waals surface area contributed by atoms with Crippen molar-refractivity contribution in [2.24, 2.45) is 0 Å². The summed E-state index contributed by atoms with van der Waals surface area (Å²) < 4.78 is 0. The van der Waals surface area contributed by atoms with Crippen molar-refractivity contribution in [1.82, 2.24) is 0 Å². The second-order valence-electron chi connectivity index (χ2n) is 2.71. The van der Waals surface area contributed by atoms with E-state index in [1.54, 1.807) is 6.92 Å². The number of benzene rings is 1. The van der Waals surface area contributed by atoms with Crippen molar-refractivity contribution in [2.75, 3.05) is 0 Å². The average molecular weight is 166 g/mol. The topological polar surface area (TPSA) is 57.5 Å². The van der Waals surface area contributed by atoms with Gasteiger partial charge in [0, 0.05) is 0 Å². The van der Waals surface area contributed by atoms with Crippen molar-refractivity contribution in [2.45, 2.75) is 13.8 Å². The van der Waals surface area contributed by atoms with Crippen LogP contribution >= 0.6 is 0 Å². The van der Waals surface area contributed by atoms with Gasteiger partial charge in [0.05, 0.1) is 5.56 Å². The van der Waals surface area contributed by atoms with Crippen LogP contribution in [0.3, 0.4) is 0 Å². The summed E-state index contributed by atoms with van der Waals surface area (Å²) in [6.07, 6.45) is 0. The minimum Gasteiger partial charge on any atom is -0.508 e. The highest BCUT2D eigenvalue weighted by Gasteiger charge is 2.08. The molecule has 0 fully saturated rings. The van der Waals surface area contributed by atoms with E-state index in [0.29, 0.717) is 5.56 Å². The van der Waals surface area contributed by atoms with Gasteiger partial charge in [-0.25, -0.2) is 0 Å². The lowest BCUT2D eigenvalue weighted by atomic mass is 10.1. The fraction of sp³-hybridized carbons (Fsp3) is 0.222. The monoisotopic (exact) mass is 166 g/mol. The SMILES string of the molecule is CC(=O)c1cc(O)c(C)cc1O. The number of aromatic hydroxyl groups is 2. The van der Waals surface area contributed by atoms with Gasteiger partial charge in [-0.15, -0.1) is 0 Å². The minimum atomic E-state index is -0.261. The zero-order chi connectivity index (χ0) is 9.30. The van der Waals surface area contributed by atoms with Crippen LogP contribution in [0.4, 0.5) is 0 Å². The highest BCUT2D eigenvalue weighted by Crippen LogP contribution is 2.26. The van der Waals surface area contributed by atoms with Crippen LogP contribution in [-0.2, 0) is 0 Å². The molecule has 2 N–H and O–H groups in total. The van der Waals surface area contributed by atoms with Crippen LogP contribution < -0.4 is 0 Å². The number of carbonyl (C=O) groups excluding carboxylic acids is 1. The first-order valence-corrected chi connectivity index (χ1v) is 3.56. The molecule has 0 unspecified atom stereocenters. The molecule has 3 heteroatoms. The number of aryl methyl sites for hydroxylation is 1. The molecule has 1 rings (SSSR count). The molecule has 0 bridgehead atoms. The number of rotatable bonds is 1. The third-order valence-corrected chi connectivity index (χ3v) is 1.69. The van der Waals surface area contributed by atoms with Gasteiger partial charge in [0.1, 0.15) is 11.5 Å². The van der Waals surface area contributed by atoms with Gasteiger partial charge in [-0.2, -0.15) is 0 Å². The lowest BCUT2D eigenvalue weighted by Gasteiger charge is -2.03. The standard InChI is InChI=1S/C9H10O3/c1-5-3-9(12)7(6(2)10)4-8(5)11/h3-4,11-12H,1-2H3. The van der Waals surface area contributed by atoms with Gasteiger partial charge in [0.2, 0.25) is 0 Å². The summed E-state index contributed by atoms with van der Waals surface area (Å²) >= 11 is 0. The molecule has 0 aliphatic carbocycles. The van der Waals surface area contributed by atoms with Crippen LogP contribution in [0.15, 0.2) is 12.1 Å². The number of Topliss-reactive ketones (excluding diaryl/α,β-unsaturated/α-hetero) is 1. The molecule has 0 heterocycles. The molecule has 0 amide bonds. The summed E-state index contributed by atoms with van der Waals surface area (Å²) in [6.45, 7) is 2.99. The average Bonchev–Trinajstić information content (AvgIpc) is 1.96. The molecule has 1 aromatic rings. The second-order valence-corrected chi connectivity index (χ2v) is 2.71. The number of phenolic OH excluding ortho intramolecular Hbond substituents is 2. The van der Waals surface area contributed by atoms with Crippen LogP contribution in [0, 0.1) is 6.92 Å². The largest absolute Gasteiger partial charge is 0.508 e. The third kappa shape index (κ3) is 1.39. The van der Waals surface area contributed by atoms with E-state index in [-0.39, 0.29) is 22.8 Å². The quantitative estimate of drug-likeness (QED) is 0.492. The van der Waals surface area contributed by atoms with Crippen LogP contribution in [0.25, 0.3) is 0 Å². The van der Waals surface area contributed by atoms with Gasteiger partial charge >= 0.3 is 0 Å². The molecule has 0 saturated heterocycles. The minimum absolute atomic E-state index is 0.0259. The van der Waals surface area contributed by atoms with Gasteiger partial charge in [-0.05, 0) is 31.5 Å². The first kappa shape index (κ1) is 8.59. The number of hydrogen-bond donors (Lipinski definition) is 2. The van der Waals surface area contributed by atoms with Crippen LogP contribution in [-0.4, -0.2) is 16.0 Å². The summed E-state index contributed by atoms with van der Waals surface area (Å²) in [5.41, 5.74) is 0.704. The maximum absolute atomic E-state index is 10.9. The number of ketones is 1. The molecule has 0 spiro atoms. The number of hydrogen-bond acceptors (Lipinski definition) is 3. The summed E-state index contributed by atoms with van der Waals surface area (Å²) in [5.74, 6) is -0.321. The molecule has 0 saturated carbocycles. The molecule has 0 aliphatic rings. The van der Waals surface area contributed by atoms with E-state index >= 15 is 0 Å². The first-order chi connectivity index (χ1) is 5.52. The maximum Gasteiger partial charge on any atom is 0.163 e. The molecule has 0 aliphatic heterocycles. The fourth-order valence-corrected chi connectivity index (χ4v) is 0.963. The van der Waals surface area contributed by atoms with Gasteiger partial charge in [-0.3, -0.25) is 4.79 Å². The Bertz CT molecular complexity index is 329. The van der Waals surface area contributed by atoms with Crippen molar-refractivity contribution in [1.29, 1.82) is 0 Å². The Labute approximate surface area is 70.3 Å². The Balaban J connectivity index is 3.33. The van der Waals surface area contributed by atoms with Gasteiger partial charge in [0.25, 0.3) is 0 Å². The highest BCUT2D eigenvalue weighted by atomic mass is 16.3. The molecule has 3 nitrogen and oxygen atoms in total. The maximum atomic E-state index is 10.9. The lowest BCUT2D eigenvalue weighted by molar-refractivity contribution is 0.101. The molecule has 12 heavy (non-hydrogen) atoms. The predicted octanol–water partition coefficient (Wildman–Crippen LogP) is 1.61. The summed E-state index contributed by atoms with van der Waals surface area (Å²) in [4.78, 5) is 10.9. The summed E-state index contributed by atoms with van der Waals surface area (Å²) in [7, 11) is 0. The molecular weight excluding hydrogens is 156 g/mol. The van der Waals surface area contributed by atoms with Crippen LogP contribution in [0.2, 0.25) is 0 Å². The Morgan fingerprint density at radius 2 is 1.83 bits per heavy atom. The van der Waals surface area contributed by atoms with Crippen molar-refractivity contribution in [3.8, 4) is 11.5 Å². The van der Waals surface area contributed by atoms with E-state index in [4.69, 9.17) is 0 Å². The second kappa shape index (κ2) is 2.85. The Kier molecular flexibility index (Phi) is 2.04. The predicted molar refractivity (Wildman–Crippen MR) is 44.5 cm³/mol. The Morgan fingerprint density at radius 3 is 2.33 bits per heavy atom. The van der Waals surface area contributed by atoms with Crippen molar-refractivity contribution in [3.63, 3.8) is 0 Å². The number of phenols is 2. The van der Waals surface area contributed by atoms with Crippen LogP contribution in [0.1, 0.15) is 22.8 Å². The zero-order valence-electron chi connectivity index (χ0n) is 6.96. The first-order valence-electron chi connectivity index (χ1n) is 3.56. The molecular formula is C9H10O3. The van der Waals surface area contributed by atoms with E-state index in [0.717, 1.165) is 0 Å². The van der Waals surface area contributed by atoms with Crippen molar-refractivity contribution < 1.29 is 15.0 Å². The van der Waals surface area contributed by atoms with Gasteiger partial charge in [0.15, 0.2) is 5.78 Å². The van der Waals surface area contributed by atoms with Crippen LogP contribution in [0.5, 0.6) is 11.5 Å². The normalized spacial score (nSPS) is 9.83. The Morgan fingerprint density at radius 1 is 1.25 bits per heavy atom. The van der Waals surface area contributed by atoms with Gasteiger partial charge < -0.3 is 10.2 Å². The van der Waals surface area contributed by atoms with Crippen molar-refractivity contribution >= 4 is 5.78 Å². The van der Waals surface area contributed by atoms with E-state index in [9.17, 15) is 15.0 Å². The molecule has 0 radical (unpaired) electrons. The zero-order valence-corrected chi connectivity index (χ0v) is 6.96. The molecule has 0 atom stereocenters. The molecule has 0 aromatic heterocycles. The van der Waals surface area contributed by atoms with Crippen molar-refractivity contribution in [3.05, 3.63) is 23.3 Å². The van der Waals surface area contributed by atoms with E-state index in [2.05, 4.69) is 0 Å². The van der Waals surface area contributed by atoms with E-state index in [1.165, 1.54) is 19.1 Å². The van der Waals surface area contributed by atoms with E-state index < -0.39 is 0 Å². The third-order valence-electron chi connectivity index (χ3n) is 1.69. The molecule has 64 valence electrons. The number of carbonyl (C=O) groups is 1. The summed E-state index contributed by atoms with van der Waals surface area (Å²) in [6, 6.07) is 2.64. The Hall–Kier alpha value is -1.51. The lowest BCUT2D eigenvalue weighted by Crippen LogP contribution is -1.92.